The van der Waals surface area contributed by atoms with Gasteiger partial charge in [0.2, 0.25) is 5.75 Å². The Balaban J connectivity index is 1.62. The number of ether oxygens (including phenoxy) is 4. The second-order valence-corrected chi connectivity index (χ2v) is 11.3. The van der Waals surface area contributed by atoms with Crippen LogP contribution < -0.4 is 23.8 Å². The van der Waals surface area contributed by atoms with Crippen molar-refractivity contribution in [3.05, 3.63) is 99.1 Å². The number of hydrogen-bond acceptors (Lipinski definition) is 10. The van der Waals surface area contributed by atoms with Crippen molar-refractivity contribution in [1.29, 1.82) is 0 Å². The summed E-state index contributed by atoms with van der Waals surface area (Å²) in [6.45, 7) is 5.43. The summed E-state index contributed by atoms with van der Waals surface area (Å²) in [6, 6.07) is 16.6. The molecule has 1 unspecified atom stereocenters. The molecule has 5 rings (SSSR count). The van der Waals surface area contributed by atoms with E-state index < -0.39 is 17.7 Å². The van der Waals surface area contributed by atoms with E-state index in [1.807, 2.05) is 31.2 Å². The highest BCUT2D eigenvalue weighted by atomic mass is 32.1. The predicted molar refractivity (Wildman–Crippen MR) is 170 cm³/mol. The fourth-order valence-electron chi connectivity index (χ4n) is 5.21. The van der Waals surface area contributed by atoms with Crippen LogP contribution in [0.3, 0.4) is 0 Å². The first-order valence-corrected chi connectivity index (χ1v) is 14.8. The fraction of sp³-hybridized carbons (Fsp3) is 0.235. The summed E-state index contributed by atoms with van der Waals surface area (Å²) in [5.74, 6) is -0.986. The monoisotopic (exact) mass is 628 g/mol. The standard InChI is InChI=1S/C34H32N2O8S/c1-18-9-7-8-10-22(18)17-44-24-13-11-21(12-14-24)29(38)27-28(23-15-25(41-4)31(43-6)26(16-23)42-5)36(33(40)30(27)39)34-35-19(2)32(45-34)20(3)37/h7-16,28,38H,17H2,1-6H3. The van der Waals surface area contributed by atoms with Gasteiger partial charge in [-0.1, -0.05) is 35.6 Å². The molecule has 4 aromatic rings. The summed E-state index contributed by atoms with van der Waals surface area (Å²) in [5, 5.41) is 11.8. The number of rotatable bonds is 10. The average Bonchev–Trinajstić information content (AvgIpc) is 3.55. The van der Waals surface area contributed by atoms with Crippen LogP contribution in [0.2, 0.25) is 0 Å². The lowest BCUT2D eigenvalue weighted by atomic mass is 9.94. The number of benzene rings is 3. The van der Waals surface area contributed by atoms with Gasteiger partial charge in [-0.3, -0.25) is 19.3 Å². The first kappa shape index (κ1) is 31.3. The number of amides is 1. The molecule has 2 heterocycles. The Morgan fingerprint density at radius 2 is 1.60 bits per heavy atom. The van der Waals surface area contributed by atoms with Gasteiger partial charge in [-0.2, -0.15) is 0 Å². The van der Waals surface area contributed by atoms with E-state index in [9.17, 15) is 19.5 Å². The normalized spacial score (nSPS) is 15.7. The van der Waals surface area contributed by atoms with Crippen LogP contribution in [0.4, 0.5) is 5.13 Å². The summed E-state index contributed by atoms with van der Waals surface area (Å²) in [5.41, 5.74) is 3.10. The number of hydrogen-bond donors (Lipinski definition) is 1. The molecule has 0 radical (unpaired) electrons. The molecule has 0 bridgehead atoms. The lowest BCUT2D eigenvalue weighted by Crippen LogP contribution is -2.29. The molecule has 0 aliphatic carbocycles. The number of anilines is 1. The maximum Gasteiger partial charge on any atom is 0.301 e. The Morgan fingerprint density at radius 1 is 0.956 bits per heavy atom. The molecule has 3 aromatic carbocycles. The van der Waals surface area contributed by atoms with E-state index in [1.54, 1.807) is 43.3 Å². The zero-order valence-electron chi connectivity index (χ0n) is 25.7. The van der Waals surface area contributed by atoms with E-state index in [2.05, 4.69) is 4.98 Å². The second-order valence-electron chi connectivity index (χ2n) is 10.3. The highest BCUT2D eigenvalue weighted by Gasteiger charge is 2.49. The quantitative estimate of drug-likeness (QED) is 0.0947. The molecule has 1 atom stereocenters. The molecular formula is C34H32N2O8S. The Kier molecular flexibility index (Phi) is 8.92. The SMILES string of the molecule is COc1cc(C2C(=C(O)c3ccc(OCc4ccccc4C)cc3)C(=O)C(=O)N2c2nc(C)c(C(C)=O)s2)cc(OC)c1OC. The summed E-state index contributed by atoms with van der Waals surface area (Å²) in [7, 11) is 4.36. The smallest absolute Gasteiger partial charge is 0.301 e. The van der Waals surface area contributed by atoms with Crippen molar-refractivity contribution in [3.8, 4) is 23.0 Å². The lowest BCUT2D eigenvalue weighted by molar-refractivity contribution is -0.132. The number of aromatic nitrogens is 1. The van der Waals surface area contributed by atoms with Crippen molar-refractivity contribution in [3.63, 3.8) is 0 Å². The molecule has 1 N–H and O–H groups in total. The number of carbonyl (C=O) groups excluding carboxylic acids is 3. The zero-order valence-corrected chi connectivity index (χ0v) is 26.5. The van der Waals surface area contributed by atoms with Gasteiger partial charge in [0.25, 0.3) is 5.78 Å². The van der Waals surface area contributed by atoms with Gasteiger partial charge in [-0.05, 0) is 66.9 Å². The van der Waals surface area contributed by atoms with Crippen molar-refractivity contribution in [2.24, 2.45) is 0 Å². The van der Waals surface area contributed by atoms with Gasteiger partial charge < -0.3 is 24.1 Å². The average molecular weight is 629 g/mol. The van der Waals surface area contributed by atoms with Crippen molar-refractivity contribution in [1.82, 2.24) is 4.98 Å². The van der Waals surface area contributed by atoms with Crippen LogP contribution in [-0.4, -0.2) is 48.9 Å². The Hall–Kier alpha value is -5.16. The summed E-state index contributed by atoms with van der Waals surface area (Å²) >= 11 is 0.997. The zero-order chi connectivity index (χ0) is 32.4. The third-order valence-electron chi connectivity index (χ3n) is 7.54. The van der Waals surface area contributed by atoms with E-state index in [-0.39, 0.29) is 33.7 Å². The molecule has 1 amide bonds. The highest BCUT2D eigenvalue weighted by Crippen LogP contribution is 2.48. The number of aliphatic hydroxyl groups is 1. The second kappa shape index (κ2) is 12.8. The highest BCUT2D eigenvalue weighted by molar-refractivity contribution is 7.18. The number of ketones is 2. The number of aliphatic hydroxyl groups excluding tert-OH is 1. The van der Waals surface area contributed by atoms with Gasteiger partial charge in [0.05, 0.1) is 43.5 Å². The van der Waals surface area contributed by atoms with Crippen molar-refractivity contribution >= 4 is 39.7 Å². The summed E-state index contributed by atoms with van der Waals surface area (Å²) in [6.07, 6.45) is 0. The van der Waals surface area contributed by atoms with Crippen molar-refractivity contribution in [2.75, 3.05) is 26.2 Å². The van der Waals surface area contributed by atoms with Gasteiger partial charge in [-0.15, -0.1) is 0 Å². The Bertz CT molecular complexity index is 1800. The number of methoxy groups -OCH3 is 3. The van der Waals surface area contributed by atoms with Gasteiger partial charge in [0.15, 0.2) is 22.4 Å². The predicted octanol–water partition coefficient (Wildman–Crippen LogP) is 6.19. The molecule has 11 heteroatoms. The summed E-state index contributed by atoms with van der Waals surface area (Å²) < 4.78 is 22.5. The number of thiazole rings is 1. The van der Waals surface area contributed by atoms with Gasteiger partial charge in [-0.25, -0.2) is 4.98 Å². The van der Waals surface area contributed by atoms with E-state index in [4.69, 9.17) is 18.9 Å². The molecule has 1 aliphatic heterocycles. The molecule has 0 spiro atoms. The van der Waals surface area contributed by atoms with Crippen LogP contribution in [0.5, 0.6) is 23.0 Å². The van der Waals surface area contributed by atoms with Crippen LogP contribution in [0.25, 0.3) is 5.76 Å². The minimum atomic E-state index is -1.14. The molecule has 0 saturated carbocycles. The molecule has 1 aliphatic rings. The Labute approximate surface area is 264 Å². The van der Waals surface area contributed by atoms with Gasteiger partial charge in [0.1, 0.15) is 18.1 Å². The first-order chi connectivity index (χ1) is 21.6. The van der Waals surface area contributed by atoms with E-state index >= 15 is 0 Å². The van der Waals surface area contributed by atoms with E-state index in [0.29, 0.717) is 39.8 Å². The Morgan fingerprint density at radius 3 is 2.16 bits per heavy atom. The van der Waals surface area contributed by atoms with Crippen LogP contribution >= 0.6 is 11.3 Å². The van der Waals surface area contributed by atoms with Crippen LogP contribution in [-0.2, 0) is 16.2 Å². The molecular weight excluding hydrogens is 596 g/mol. The largest absolute Gasteiger partial charge is 0.507 e. The molecule has 1 aromatic heterocycles. The van der Waals surface area contributed by atoms with Crippen LogP contribution in [0, 0.1) is 13.8 Å². The van der Waals surface area contributed by atoms with Gasteiger partial charge in [0, 0.05) is 12.5 Å². The van der Waals surface area contributed by atoms with Crippen LogP contribution in [0.15, 0.2) is 66.2 Å². The van der Waals surface area contributed by atoms with E-state index in [1.165, 1.54) is 33.2 Å². The molecule has 45 heavy (non-hydrogen) atoms. The first-order valence-electron chi connectivity index (χ1n) is 14.0. The topological polar surface area (TPSA) is 124 Å². The minimum Gasteiger partial charge on any atom is -0.507 e. The third kappa shape index (κ3) is 5.86. The molecule has 1 saturated heterocycles. The number of carbonyl (C=O) groups is 3. The maximum atomic E-state index is 13.7. The van der Waals surface area contributed by atoms with Gasteiger partial charge >= 0.3 is 5.91 Å². The molecule has 10 nitrogen and oxygen atoms in total. The molecule has 232 valence electrons. The number of nitrogens with zero attached hydrogens (tertiary/aromatic N) is 2. The lowest BCUT2D eigenvalue weighted by Gasteiger charge is -2.24. The van der Waals surface area contributed by atoms with Crippen LogP contribution in [0.1, 0.15) is 50.6 Å². The van der Waals surface area contributed by atoms with Crippen molar-refractivity contribution in [2.45, 2.75) is 33.4 Å². The molecule has 1 fully saturated rings. The minimum absolute atomic E-state index is 0.137. The fourth-order valence-corrected chi connectivity index (χ4v) is 6.20. The van der Waals surface area contributed by atoms with E-state index in [0.717, 1.165) is 22.5 Å². The van der Waals surface area contributed by atoms with Crippen molar-refractivity contribution < 1.29 is 38.4 Å². The maximum absolute atomic E-state index is 13.7. The third-order valence-corrected chi connectivity index (χ3v) is 8.80. The number of Topliss-reactive ketones (excluding diaryl/α,β-unsaturated/α-hetero) is 2. The number of aryl methyl sites for hydroxylation is 2. The summed E-state index contributed by atoms with van der Waals surface area (Å²) in [4.78, 5) is 45.6.